The van der Waals surface area contributed by atoms with Crippen molar-refractivity contribution in [2.45, 2.75) is 38.5 Å². The number of amides is 1. The Kier molecular flexibility index (Phi) is 3.67. The minimum absolute atomic E-state index is 0.289. The first-order chi connectivity index (χ1) is 9.79. The first kappa shape index (κ1) is 13.1. The Morgan fingerprint density at radius 3 is 2.85 bits per heavy atom. The molecule has 2 aromatic rings. The number of nitrogens with zero attached hydrogens (tertiary/aromatic N) is 4. The van der Waals surface area contributed by atoms with Gasteiger partial charge in [0.2, 0.25) is 5.91 Å². The number of pyridine rings is 1. The molecular formula is C15H20N4O. The van der Waals surface area contributed by atoms with Crippen LogP contribution in [-0.4, -0.2) is 38.5 Å². The minimum Gasteiger partial charge on any atom is -0.343 e. The number of hydrogen-bond acceptors (Lipinski definition) is 3. The number of rotatable bonds is 3. The number of hydrogen-bond donors (Lipinski definition) is 0. The maximum absolute atomic E-state index is 11.9. The molecule has 3 heterocycles. The number of piperidine rings is 1. The average Bonchev–Trinajstić information content (AvgIpc) is 2.92. The van der Waals surface area contributed by atoms with Gasteiger partial charge in [0.1, 0.15) is 5.82 Å². The van der Waals surface area contributed by atoms with Crippen molar-refractivity contribution < 1.29 is 4.79 Å². The van der Waals surface area contributed by atoms with Crippen molar-refractivity contribution in [3.63, 3.8) is 0 Å². The second-order valence-corrected chi connectivity index (χ2v) is 5.39. The molecule has 2 aromatic heterocycles. The molecule has 1 aliphatic heterocycles. The predicted octanol–water partition coefficient (Wildman–Crippen LogP) is 2.24. The second kappa shape index (κ2) is 5.61. The summed E-state index contributed by atoms with van der Waals surface area (Å²) < 4.78 is 2.06. The molecule has 0 aromatic carbocycles. The van der Waals surface area contributed by atoms with Crippen molar-refractivity contribution in [1.82, 2.24) is 19.5 Å². The Morgan fingerprint density at radius 1 is 1.30 bits per heavy atom. The van der Waals surface area contributed by atoms with Gasteiger partial charge in [-0.3, -0.25) is 9.20 Å². The summed E-state index contributed by atoms with van der Waals surface area (Å²) in [5.74, 6) is 1.72. The Hall–Kier alpha value is -1.91. The molecule has 1 aliphatic rings. The minimum atomic E-state index is 0.289. The fraction of sp³-hybridized carbons (Fsp3) is 0.533. The highest BCUT2D eigenvalue weighted by Crippen LogP contribution is 2.27. The summed E-state index contributed by atoms with van der Waals surface area (Å²) in [5, 5.41) is 8.54. The summed E-state index contributed by atoms with van der Waals surface area (Å²) in [4.78, 5) is 13.9. The van der Waals surface area contributed by atoms with Crippen LogP contribution in [0.25, 0.3) is 5.65 Å². The first-order valence-electron chi connectivity index (χ1n) is 7.37. The highest BCUT2D eigenvalue weighted by molar-refractivity contribution is 5.76. The van der Waals surface area contributed by atoms with E-state index in [0.717, 1.165) is 43.8 Å². The van der Waals surface area contributed by atoms with E-state index < -0.39 is 0 Å². The van der Waals surface area contributed by atoms with Crippen molar-refractivity contribution in [3.8, 4) is 0 Å². The number of carbonyl (C=O) groups is 1. The average molecular weight is 272 g/mol. The van der Waals surface area contributed by atoms with Gasteiger partial charge in [-0.2, -0.15) is 0 Å². The van der Waals surface area contributed by atoms with E-state index in [1.165, 1.54) is 0 Å². The molecule has 106 valence electrons. The lowest BCUT2D eigenvalue weighted by molar-refractivity contribution is -0.132. The van der Waals surface area contributed by atoms with Crippen LogP contribution in [0, 0.1) is 0 Å². The standard InChI is InChI=1S/C15H20N4O/c1-2-5-14(20)18-10-7-12(8-11-18)15-17-16-13-6-3-4-9-19(13)15/h3-4,6,9,12H,2,5,7-8,10-11H2,1H3. The van der Waals surface area contributed by atoms with Crippen molar-refractivity contribution in [1.29, 1.82) is 0 Å². The van der Waals surface area contributed by atoms with E-state index in [-0.39, 0.29) is 5.91 Å². The lowest BCUT2D eigenvalue weighted by atomic mass is 9.95. The Balaban J connectivity index is 1.70. The normalized spacial score (nSPS) is 16.8. The molecule has 5 nitrogen and oxygen atoms in total. The van der Waals surface area contributed by atoms with Crippen LogP contribution in [0.4, 0.5) is 0 Å². The third-order valence-electron chi connectivity index (χ3n) is 4.02. The van der Waals surface area contributed by atoms with Gasteiger partial charge in [0.15, 0.2) is 5.65 Å². The van der Waals surface area contributed by atoms with Crippen LogP contribution in [0.15, 0.2) is 24.4 Å². The molecule has 0 aliphatic carbocycles. The van der Waals surface area contributed by atoms with Crippen LogP contribution in [0.3, 0.4) is 0 Å². The van der Waals surface area contributed by atoms with Gasteiger partial charge in [0.25, 0.3) is 0 Å². The Morgan fingerprint density at radius 2 is 2.10 bits per heavy atom. The molecule has 1 saturated heterocycles. The number of fused-ring (bicyclic) bond motifs is 1. The van der Waals surface area contributed by atoms with Crippen LogP contribution in [0.5, 0.6) is 0 Å². The maximum Gasteiger partial charge on any atom is 0.222 e. The van der Waals surface area contributed by atoms with Crippen LogP contribution < -0.4 is 0 Å². The van der Waals surface area contributed by atoms with Gasteiger partial charge in [0, 0.05) is 31.6 Å². The lowest BCUT2D eigenvalue weighted by Crippen LogP contribution is -2.38. The lowest BCUT2D eigenvalue weighted by Gasteiger charge is -2.31. The van der Waals surface area contributed by atoms with E-state index >= 15 is 0 Å². The van der Waals surface area contributed by atoms with Crippen LogP contribution in [0.2, 0.25) is 0 Å². The van der Waals surface area contributed by atoms with Gasteiger partial charge in [-0.15, -0.1) is 10.2 Å². The summed E-state index contributed by atoms with van der Waals surface area (Å²) in [6, 6.07) is 5.94. The van der Waals surface area contributed by atoms with Crippen molar-refractivity contribution in [3.05, 3.63) is 30.2 Å². The van der Waals surface area contributed by atoms with E-state index in [1.54, 1.807) is 0 Å². The van der Waals surface area contributed by atoms with E-state index in [2.05, 4.69) is 14.6 Å². The molecule has 20 heavy (non-hydrogen) atoms. The van der Waals surface area contributed by atoms with E-state index in [1.807, 2.05) is 36.2 Å². The van der Waals surface area contributed by atoms with Gasteiger partial charge in [-0.25, -0.2) is 0 Å². The molecule has 1 amide bonds. The molecule has 0 atom stereocenters. The van der Waals surface area contributed by atoms with Crippen molar-refractivity contribution in [2.24, 2.45) is 0 Å². The SMILES string of the molecule is CCCC(=O)N1CCC(c2nnc3ccccn23)CC1. The van der Waals surface area contributed by atoms with Gasteiger partial charge >= 0.3 is 0 Å². The van der Waals surface area contributed by atoms with E-state index in [0.29, 0.717) is 12.3 Å². The largest absolute Gasteiger partial charge is 0.343 e. The first-order valence-corrected chi connectivity index (χ1v) is 7.37. The molecule has 0 unspecified atom stereocenters. The van der Waals surface area contributed by atoms with Gasteiger partial charge in [0.05, 0.1) is 0 Å². The zero-order valence-corrected chi connectivity index (χ0v) is 11.8. The third kappa shape index (κ3) is 2.40. The molecule has 3 rings (SSSR count). The fourth-order valence-electron chi connectivity index (χ4n) is 2.90. The molecular weight excluding hydrogens is 252 g/mol. The molecule has 0 saturated carbocycles. The van der Waals surface area contributed by atoms with Crippen molar-refractivity contribution >= 4 is 11.6 Å². The maximum atomic E-state index is 11.9. The topological polar surface area (TPSA) is 50.5 Å². The molecule has 1 fully saturated rings. The number of aromatic nitrogens is 3. The molecule has 0 radical (unpaired) electrons. The zero-order valence-electron chi connectivity index (χ0n) is 11.8. The monoisotopic (exact) mass is 272 g/mol. The van der Waals surface area contributed by atoms with Gasteiger partial charge < -0.3 is 4.90 Å². The Labute approximate surface area is 118 Å². The fourth-order valence-corrected chi connectivity index (χ4v) is 2.90. The summed E-state index contributed by atoms with van der Waals surface area (Å²) in [6.07, 6.45) is 5.56. The van der Waals surface area contributed by atoms with Crippen LogP contribution in [-0.2, 0) is 4.79 Å². The van der Waals surface area contributed by atoms with E-state index in [4.69, 9.17) is 0 Å². The highest BCUT2D eigenvalue weighted by atomic mass is 16.2. The summed E-state index contributed by atoms with van der Waals surface area (Å²) in [7, 11) is 0. The molecule has 5 heteroatoms. The summed E-state index contributed by atoms with van der Waals surface area (Å²) >= 11 is 0. The highest BCUT2D eigenvalue weighted by Gasteiger charge is 2.26. The molecule has 0 N–H and O–H groups in total. The van der Waals surface area contributed by atoms with Gasteiger partial charge in [-0.1, -0.05) is 13.0 Å². The van der Waals surface area contributed by atoms with Crippen molar-refractivity contribution in [2.75, 3.05) is 13.1 Å². The smallest absolute Gasteiger partial charge is 0.222 e. The summed E-state index contributed by atoms with van der Waals surface area (Å²) in [6.45, 7) is 3.73. The predicted molar refractivity (Wildman–Crippen MR) is 76.5 cm³/mol. The quantitative estimate of drug-likeness (QED) is 0.861. The Bertz CT molecular complexity index is 599. The number of carbonyl (C=O) groups excluding carboxylic acids is 1. The summed E-state index contributed by atoms with van der Waals surface area (Å²) in [5.41, 5.74) is 0.895. The van der Waals surface area contributed by atoms with Crippen LogP contribution >= 0.6 is 0 Å². The zero-order chi connectivity index (χ0) is 13.9. The van der Waals surface area contributed by atoms with Crippen LogP contribution in [0.1, 0.15) is 44.3 Å². The third-order valence-corrected chi connectivity index (χ3v) is 4.02. The van der Waals surface area contributed by atoms with E-state index in [9.17, 15) is 4.79 Å². The second-order valence-electron chi connectivity index (χ2n) is 5.39. The molecule has 0 spiro atoms. The molecule has 0 bridgehead atoms. The number of likely N-dealkylation sites (tertiary alicyclic amines) is 1. The van der Waals surface area contributed by atoms with Gasteiger partial charge in [-0.05, 0) is 31.4 Å².